The zero-order valence-electron chi connectivity index (χ0n) is 25.1. The highest BCUT2D eigenvalue weighted by atomic mass is 31.1. The van der Waals surface area contributed by atoms with Crippen molar-refractivity contribution in [2.75, 3.05) is 0 Å². The monoisotopic (exact) mass is 604 g/mol. The molecular weight excluding hydrogens is 575 g/mol. The summed E-state index contributed by atoms with van der Waals surface area (Å²) in [7, 11) is -0.630. The van der Waals surface area contributed by atoms with Crippen LogP contribution >= 0.6 is 7.92 Å². The molecule has 0 unspecified atom stereocenters. The minimum atomic E-state index is -0.630. The van der Waals surface area contributed by atoms with E-state index in [4.69, 9.17) is 4.98 Å². The summed E-state index contributed by atoms with van der Waals surface area (Å²) in [6, 6.07) is 63.8. The molecule has 216 valence electrons. The molecule has 0 saturated carbocycles. The molecule has 0 bridgehead atoms. The first kappa shape index (κ1) is 26.8. The van der Waals surface area contributed by atoms with E-state index in [0.717, 1.165) is 22.1 Å². The Hall–Kier alpha value is -5.56. The number of benzene rings is 7. The van der Waals surface area contributed by atoms with Crippen molar-refractivity contribution in [2.24, 2.45) is 0 Å². The van der Waals surface area contributed by atoms with Crippen molar-refractivity contribution in [1.82, 2.24) is 9.38 Å². The van der Waals surface area contributed by atoms with Gasteiger partial charge in [-0.2, -0.15) is 0 Å². The number of hydrogen-bond acceptors (Lipinski definition) is 1. The largest absolute Gasteiger partial charge is 0.292 e. The van der Waals surface area contributed by atoms with Gasteiger partial charge in [0.05, 0.1) is 16.6 Å². The van der Waals surface area contributed by atoms with Gasteiger partial charge in [-0.25, -0.2) is 4.98 Å². The predicted molar refractivity (Wildman–Crippen MR) is 197 cm³/mol. The Morgan fingerprint density at radius 2 is 0.935 bits per heavy atom. The summed E-state index contributed by atoms with van der Waals surface area (Å²) < 4.78 is 2.31. The molecule has 0 fully saturated rings. The van der Waals surface area contributed by atoms with Crippen LogP contribution in [0.2, 0.25) is 0 Å². The average Bonchev–Trinajstić information content (AvgIpc) is 3.53. The fraction of sp³-hybridized carbons (Fsp3) is 0. The van der Waals surface area contributed by atoms with Crippen LogP contribution in [-0.4, -0.2) is 9.38 Å². The Morgan fingerprint density at radius 1 is 0.370 bits per heavy atom. The van der Waals surface area contributed by atoms with Crippen LogP contribution in [0.15, 0.2) is 176 Å². The molecule has 2 heterocycles. The SMILES string of the molecule is c1ccc(P(c2ccccc2)c2ccc(-c3cccc(-c4ccc5c6ccccc6n6c7ccccc7nc6c5c4)c3)cc2)cc1. The first-order valence-corrected chi connectivity index (χ1v) is 17.0. The molecule has 0 aliphatic rings. The lowest BCUT2D eigenvalue weighted by atomic mass is 9.96. The minimum Gasteiger partial charge on any atom is -0.292 e. The fourth-order valence-corrected chi connectivity index (χ4v) is 9.06. The van der Waals surface area contributed by atoms with E-state index in [9.17, 15) is 0 Å². The fourth-order valence-electron chi connectivity index (χ4n) is 6.77. The highest BCUT2D eigenvalue weighted by Crippen LogP contribution is 2.37. The van der Waals surface area contributed by atoms with Gasteiger partial charge in [-0.05, 0) is 81.8 Å². The number of aromatic nitrogens is 2. The molecule has 2 nitrogen and oxygen atoms in total. The van der Waals surface area contributed by atoms with Gasteiger partial charge in [0.1, 0.15) is 5.65 Å². The molecule has 0 atom stereocenters. The lowest BCUT2D eigenvalue weighted by Gasteiger charge is -2.19. The van der Waals surface area contributed by atoms with Gasteiger partial charge in [-0.1, -0.05) is 146 Å². The van der Waals surface area contributed by atoms with Gasteiger partial charge in [-0.3, -0.25) is 4.40 Å². The Balaban J connectivity index is 1.13. The molecule has 0 aliphatic heterocycles. The zero-order chi connectivity index (χ0) is 30.5. The Bertz CT molecular complexity index is 2480. The van der Waals surface area contributed by atoms with Crippen LogP contribution < -0.4 is 15.9 Å². The van der Waals surface area contributed by atoms with Gasteiger partial charge in [0, 0.05) is 10.8 Å². The summed E-state index contributed by atoms with van der Waals surface area (Å²) in [5.41, 5.74) is 9.14. The summed E-state index contributed by atoms with van der Waals surface area (Å²) >= 11 is 0. The van der Waals surface area contributed by atoms with Crippen molar-refractivity contribution in [1.29, 1.82) is 0 Å². The zero-order valence-corrected chi connectivity index (χ0v) is 26.0. The number of fused-ring (bicyclic) bond motifs is 8. The van der Waals surface area contributed by atoms with Gasteiger partial charge >= 0.3 is 0 Å². The van der Waals surface area contributed by atoms with Gasteiger partial charge in [0.25, 0.3) is 0 Å². The second-order valence-electron chi connectivity index (χ2n) is 11.7. The minimum absolute atomic E-state index is 0.630. The number of pyridine rings is 1. The molecule has 46 heavy (non-hydrogen) atoms. The Kier molecular flexibility index (Phi) is 6.47. The number of rotatable bonds is 5. The first-order valence-electron chi connectivity index (χ1n) is 15.6. The number of imidazole rings is 1. The summed E-state index contributed by atoms with van der Waals surface area (Å²) in [4.78, 5) is 5.12. The van der Waals surface area contributed by atoms with Crippen molar-refractivity contribution in [3.05, 3.63) is 176 Å². The number of hydrogen-bond donors (Lipinski definition) is 0. The predicted octanol–water partition coefficient (Wildman–Crippen LogP) is 9.89. The molecule has 0 saturated heterocycles. The molecule has 2 aromatic heterocycles. The second kappa shape index (κ2) is 11.1. The average molecular weight is 605 g/mol. The van der Waals surface area contributed by atoms with E-state index in [1.165, 1.54) is 54.5 Å². The van der Waals surface area contributed by atoms with E-state index in [2.05, 4.69) is 180 Å². The maximum atomic E-state index is 5.12. The second-order valence-corrected chi connectivity index (χ2v) is 13.9. The van der Waals surface area contributed by atoms with Crippen LogP contribution in [0.1, 0.15) is 0 Å². The van der Waals surface area contributed by atoms with Crippen molar-refractivity contribution < 1.29 is 0 Å². The highest BCUT2D eigenvalue weighted by Gasteiger charge is 2.17. The molecule has 7 aromatic carbocycles. The van der Waals surface area contributed by atoms with E-state index in [1.807, 2.05) is 0 Å². The Labute approximate surface area is 269 Å². The topological polar surface area (TPSA) is 17.3 Å². The van der Waals surface area contributed by atoms with Crippen LogP contribution in [0.4, 0.5) is 0 Å². The molecule has 9 rings (SSSR count). The Morgan fingerprint density at radius 3 is 1.67 bits per heavy atom. The van der Waals surface area contributed by atoms with Gasteiger partial charge in [0.15, 0.2) is 0 Å². The first-order chi connectivity index (χ1) is 22.8. The molecule has 3 heteroatoms. The van der Waals surface area contributed by atoms with E-state index >= 15 is 0 Å². The smallest absolute Gasteiger partial charge is 0.146 e. The molecular formula is C43H29N2P. The van der Waals surface area contributed by atoms with E-state index < -0.39 is 7.92 Å². The highest BCUT2D eigenvalue weighted by molar-refractivity contribution is 7.79. The third-order valence-corrected chi connectivity index (χ3v) is 11.4. The standard InChI is InChI=1S/C43H29N2P/c1-3-14-34(15-4-1)46(35-16-5-2-6-17-35)36-25-22-30(23-26-36)31-12-11-13-32(28-31)33-24-27-37-38-18-7-9-20-41(38)45-42-21-10-8-19-40(42)44-43(45)39(37)29-33/h1-29H. The quantitative estimate of drug-likeness (QED) is 0.141. The molecule has 0 N–H and O–H groups in total. The molecule has 9 aromatic rings. The van der Waals surface area contributed by atoms with Crippen LogP contribution in [0.25, 0.3) is 60.6 Å². The van der Waals surface area contributed by atoms with Crippen molar-refractivity contribution in [3.8, 4) is 22.3 Å². The van der Waals surface area contributed by atoms with Crippen molar-refractivity contribution >= 4 is 62.2 Å². The maximum Gasteiger partial charge on any atom is 0.146 e. The van der Waals surface area contributed by atoms with E-state index in [1.54, 1.807) is 0 Å². The summed E-state index contributed by atoms with van der Waals surface area (Å²) in [6.45, 7) is 0. The summed E-state index contributed by atoms with van der Waals surface area (Å²) in [6.07, 6.45) is 0. The third kappa shape index (κ3) is 4.50. The van der Waals surface area contributed by atoms with Crippen LogP contribution in [0.3, 0.4) is 0 Å². The lowest BCUT2D eigenvalue weighted by molar-refractivity contribution is 1.31. The van der Waals surface area contributed by atoms with Crippen LogP contribution in [0.5, 0.6) is 0 Å². The molecule has 0 spiro atoms. The molecule has 0 radical (unpaired) electrons. The lowest BCUT2D eigenvalue weighted by Crippen LogP contribution is -2.20. The van der Waals surface area contributed by atoms with Crippen molar-refractivity contribution in [3.63, 3.8) is 0 Å². The van der Waals surface area contributed by atoms with Crippen LogP contribution in [0, 0.1) is 0 Å². The van der Waals surface area contributed by atoms with Gasteiger partial charge in [-0.15, -0.1) is 0 Å². The molecule has 0 amide bonds. The van der Waals surface area contributed by atoms with Crippen LogP contribution in [-0.2, 0) is 0 Å². The maximum absolute atomic E-state index is 5.12. The third-order valence-electron chi connectivity index (χ3n) is 8.94. The van der Waals surface area contributed by atoms with Crippen molar-refractivity contribution in [2.45, 2.75) is 0 Å². The van der Waals surface area contributed by atoms with Gasteiger partial charge in [0.2, 0.25) is 0 Å². The van der Waals surface area contributed by atoms with E-state index in [0.29, 0.717) is 0 Å². The van der Waals surface area contributed by atoms with Gasteiger partial charge < -0.3 is 0 Å². The molecule has 0 aliphatic carbocycles. The number of nitrogens with zero attached hydrogens (tertiary/aromatic N) is 2. The summed E-state index contributed by atoms with van der Waals surface area (Å²) in [5, 5.41) is 7.70. The normalized spacial score (nSPS) is 11.7. The van der Waals surface area contributed by atoms with E-state index in [-0.39, 0.29) is 0 Å². The number of para-hydroxylation sites is 3. The summed E-state index contributed by atoms with van der Waals surface area (Å²) in [5.74, 6) is 0.